The number of carbonyl (C=O) groups is 1. The first kappa shape index (κ1) is 28.0. The minimum atomic E-state index is -4.55. The van der Waals surface area contributed by atoms with Gasteiger partial charge in [0.15, 0.2) is 5.58 Å². The highest BCUT2D eigenvalue weighted by atomic mass is 19.4. The number of hydrogen-bond acceptors (Lipinski definition) is 8. The van der Waals surface area contributed by atoms with Crippen molar-refractivity contribution in [1.82, 2.24) is 20.3 Å². The van der Waals surface area contributed by atoms with Gasteiger partial charge in [-0.1, -0.05) is 13.8 Å². The summed E-state index contributed by atoms with van der Waals surface area (Å²) < 4.78 is 50.9. The van der Waals surface area contributed by atoms with Crippen molar-refractivity contribution in [1.29, 1.82) is 5.26 Å². The molecule has 12 heteroatoms. The maximum Gasteiger partial charge on any atom is 0.433 e. The molecule has 4 aromatic rings. The average Bonchev–Trinajstić information content (AvgIpc) is 3.25. The van der Waals surface area contributed by atoms with Crippen LogP contribution in [0.5, 0.6) is 0 Å². The molecule has 0 bridgehead atoms. The quantitative estimate of drug-likeness (QED) is 0.334. The van der Waals surface area contributed by atoms with Crippen molar-refractivity contribution in [3.05, 3.63) is 71.0 Å². The molecule has 0 unspecified atom stereocenters. The number of rotatable bonds is 6. The van der Waals surface area contributed by atoms with Gasteiger partial charge in [0.2, 0.25) is 11.8 Å². The van der Waals surface area contributed by atoms with Crippen molar-refractivity contribution in [2.75, 3.05) is 31.1 Å². The second-order valence-corrected chi connectivity index (χ2v) is 9.99. The minimum Gasteiger partial charge on any atom is -0.436 e. The molecule has 9 nitrogen and oxygen atoms in total. The molecule has 1 atom stereocenters. The van der Waals surface area contributed by atoms with Gasteiger partial charge in [-0.25, -0.2) is 15.0 Å². The third-order valence-electron chi connectivity index (χ3n) is 6.81. The first-order chi connectivity index (χ1) is 19.6. The van der Waals surface area contributed by atoms with Crippen molar-refractivity contribution in [2.45, 2.75) is 38.5 Å². The summed E-state index contributed by atoms with van der Waals surface area (Å²) in [6, 6.07) is 13.3. The van der Waals surface area contributed by atoms with Crippen LogP contribution in [0.1, 0.15) is 53.4 Å². The first-order valence-corrected chi connectivity index (χ1v) is 13.1. The number of oxazole rings is 1. The number of nitrogens with zero attached hydrogens (tertiary/aromatic N) is 5. The van der Waals surface area contributed by atoms with E-state index >= 15 is 0 Å². The molecule has 1 aliphatic rings. The van der Waals surface area contributed by atoms with Gasteiger partial charge in [0.05, 0.1) is 24.3 Å². The number of halogens is 3. The van der Waals surface area contributed by atoms with E-state index < -0.39 is 11.9 Å². The Kier molecular flexibility index (Phi) is 7.90. The highest BCUT2D eigenvalue weighted by Crippen LogP contribution is 2.32. The van der Waals surface area contributed by atoms with Gasteiger partial charge >= 0.3 is 6.18 Å². The summed E-state index contributed by atoms with van der Waals surface area (Å²) in [6.07, 6.45) is -3.30. The van der Waals surface area contributed by atoms with E-state index in [1.54, 1.807) is 35.2 Å². The Morgan fingerprint density at radius 2 is 1.95 bits per heavy atom. The van der Waals surface area contributed by atoms with E-state index in [2.05, 4.69) is 26.3 Å². The lowest BCUT2D eigenvalue weighted by molar-refractivity contribution is -0.141. The molecule has 0 saturated carbocycles. The van der Waals surface area contributed by atoms with Gasteiger partial charge < -0.3 is 19.4 Å². The number of alkyl halides is 3. The number of aromatic nitrogens is 3. The van der Waals surface area contributed by atoms with Gasteiger partial charge in [-0.15, -0.1) is 0 Å². The lowest BCUT2D eigenvalue weighted by atomic mass is 10.00. The Balaban J connectivity index is 1.20. The highest BCUT2D eigenvalue weighted by Gasteiger charge is 2.33. The minimum absolute atomic E-state index is 0.00178. The zero-order valence-corrected chi connectivity index (χ0v) is 22.4. The normalized spacial score (nSPS) is 16.0. The second-order valence-electron chi connectivity index (χ2n) is 9.99. The maximum absolute atomic E-state index is 13.0. The number of ether oxygens (including phenoxy) is 1. The van der Waals surface area contributed by atoms with Crippen LogP contribution in [0, 0.1) is 11.3 Å². The fourth-order valence-corrected chi connectivity index (χ4v) is 4.59. The van der Waals surface area contributed by atoms with Crippen molar-refractivity contribution >= 4 is 23.0 Å². The van der Waals surface area contributed by atoms with Gasteiger partial charge in [-0.05, 0) is 54.8 Å². The summed E-state index contributed by atoms with van der Waals surface area (Å²) >= 11 is 0. The molecule has 0 radical (unpaired) electrons. The average molecular weight is 565 g/mol. The maximum atomic E-state index is 13.0. The van der Waals surface area contributed by atoms with E-state index in [-0.39, 0.29) is 37.0 Å². The largest absolute Gasteiger partial charge is 0.436 e. The second kappa shape index (κ2) is 11.5. The van der Waals surface area contributed by atoms with E-state index in [1.165, 1.54) is 0 Å². The lowest BCUT2D eigenvalue weighted by Crippen LogP contribution is -2.34. The van der Waals surface area contributed by atoms with E-state index in [1.807, 2.05) is 19.9 Å². The van der Waals surface area contributed by atoms with Crippen molar-refractivity contribution < 1.29 is 27.1 Å². The number of amides is 1. The van der Waals surface area contributed by atoms with Gasteiger partial charge in [0, 0.05) is 42.5 Å². The molecule has 1 fully saturated rings. The van der Waals surface area contributed by atoms with Crippen molar-refractivity contribution in [2.24, 2.45) is 0 Å². The Bertz CT molecular complexity index is 1590. The van der Waals surface area contributed by atoms with Crippen LogP contribution in [0.15, 0.2) is 53.1 Å². The molecule has 2 aromatic heterocycles. The summed E-state index contributed by atoms with van der Waals surface area (Å²) in [4.78, 5) is 26.6. The number of nitrogens with one attached hydrogen (secondary N) is 1. The predicted molar refractivity (Wildman–Crippen MR) is 144 cm³/mol. The molecule has 41 heavy (non-hydrogen) atoms. The molecule has 2 aromatic carbocycles. The topological polar surface area (TPSA) is 117 Å². The molecule has 0 aliphatic carbocycles. The van der Waals surface area contributed by atoms with Crippen LogP contribution in [0.25, 0.3) is 22.6 Å². The monoisotopic (exact) mass is 564 g/mol. The molecule has 212 valence electrons. The zero-order chi connectivity index (χ0) is 29.1. The Labute approximate surface area is 234 Å². The number of benzene rings is 2. The molecule has 1 aliphatic heterocycles. The summed E-state index contributed by atoms with van der Waals surface area (Å²) in [7, 11) is 0. The van der Waals surface area contributed by atoms with Crippen LogP contribution >= 0.6 is 0 Å². The van der Waals surface area contributed by atoms with Gasteiger partial charge in [0.25, 0.3) is 5.91 Å². The molecule has 1 N–H and O–H groups in total. The lowest BCUT2D eigenvalue weighted by Gasteiger charge is -2.20. The van der Waals surface area contributed by atoms with Crippen LogP contribution in [0.4, 0.5) is 19.1 Å². The highest BCUT2D eigenvalue weighted by molar-refractivity contribution is 5.94. The van der Waals surface area contributed by atoms with Gasteiger partial charge in [-0.2, -0.15) is 18.4 Å². The number of hydrogen-bond donors (Lipinski definition) is 1. The number of carbonyl (C=O) groups excluding carboxylic acids is 1. The van der Waals surface area contributed by atoms with E-state index in [9.17, 15) is 23.2 Å². The van der Waals surface area contributed by atoms with E-state index in [0.717, 1.165) is 17.8 Å². The third kappa shape index (κ3) is 6.30. The summed E-state index contributed by atoms with van der Waals surface area (Å²) in [5, 5.41) is 12.2. The Morgan fingerprint density at radius 1 is 1.17 bits per heavy atom. The molecule has 1 amide bonds. The smallest absolute Gasteiger partial charge is 0.433 e. The van der Waals surface area contributed by atoms with Crippen LogP contribution < -0.4 is 10.2 Å². The predicted octanol–water partition coefficient (Wildman–Crippen LogP) is 5.32. The molecule has 3 heterocycles. The summed E-state index contributed by atoms with van der Waals surface area (Å²) in [5.74, 6) is 0.246. The summed E-state index contributed by atoms with van der Waals surface area (Å²) in [5.41, 5.74) is 2.79. The fourth-order valence-electron chi connectivity index (χ4n) is 4.59. The van der Waals surface area contributed by atoms with Crippen molar-refractivity contribution in [3.8, 4) is 17.5 Å². The van der Waals surface area contributed by atoms with E-state index in [0.29, 0.717) is 53.2 Å². The Morgan fingerprint density at radius 3 is 2.66 bits per heavy atom. The molecule has 5 rings (SSSR count). The first-order valence-electron chi connectivity index (χ1n) is 13.1. The number of anilines is 1. The zero-order valence-electron chi connectivity index (χ0n) is 22.4. The third-order valence-corrected chi connectivity index (χ3v) is 6.81. The molecular formula is C29H27F3N6O3. The SMILES string of the molecule is CC(C)c1cc(C#N)cc2nc(-c3ccc(C(=O)NC[C@@H]4CCN(c5nccc(C(F)(F)F)n5)CCO4)cc3)oc12. The van der Waals surface area contributed by atoms with Gasteiger partial charge in [0.1, 0.15) is 11.2 Å². The van der Waals surface area contributed by atoms with Crippen LogP contribution in [-0.2, 0) is 10.9 Å². The number of nitriles is 1. The fraction of sp³-hybridized carbons (Fsp3) is 0.345. The van der Waals surface area contributed by atoms with Gasteiger partial charge in [-0.3, -0.25) is 4.79 Å². The molecule has 0 spiro atoms. The van der Waals surface area contributed by atoms with Crippen LogP contribution in [0.2, 0.25) is 0 Å². The van der Waals surface area contributed by atoms with E-state index in [4.69, 9.17) is 9.15 Å². The van der Waals surface area contributed by atoms with Crippen LogP contribution in [-0.4, -0.2) is 53.2 Å². The molecule has 1 saturated heterocycles. The summed E-state index contributed by atoms with van der Waals surface area (Å²) in [6.45, 7) is 5.25. The van der Waals surface area contributed by atoms with Crippen molar-refractivity contribution in [3.63, 3.8) is 0 Å². The molecular weight excluding hydrogens is 537 g/mol. The number of fused-ring (bicyclic) bond motifs is 1. The standard InChI is InChI=1S/C29H27F3N6O3/c1-17(2)22-13-18(15-33)14-23-25(22)41-27(36-23)20-5-3-19(4-6-20)26(39)35-16-21-8-10-38(11-12-40-21)28-34-9-7-24(37-28)29(30,31)32/h3-7,9,13-14,17,21H,8,10-12,16H2,1-2H3,(H,35,39)/t21-/m0/s1. The van der Waals surface area contributed by atoms with Crippen LogP contribution in [0.3, 0.4) is 0 Å². The Hall–Kier alpha value is -4.50.